The summed E-state index contributed by atoms with van der Waals surface area (Å²) >= 11 is 0. The summed E-state index contributed by atoms with van der Waals surface area (Å²) in [5.74, 6) is 0.562. The van der Waals surface area contributed by atoms with Crippen molar-refractivity contribution in [3.8, 4) is 0 Å². The fraction of sp³-hybridized carbons (Fsp3) is 0.778. The van der Waals surface area contributed by atoms with E-state index in [0.29, 0.717) is 31.5 Å². The van der Waals surface area contributed by atoms with Crippen LogP contribution in [0, 0.1) is 0 Å². The zero-order valence-electron chi connectivity index (χ0n) is 9.19. The molecule has 86 valence electrons. The molecule has 1 aromatic heterocycles. The molecule has 0 amide bonds. The van der Waals surface area contributed by atoms with Crippen LogP contribution in [0.1, 0.15) is 19.2 Å². The molecule has 6 heteroatoms. The Kier molecular flexibility index (Phi) is 5.06. The second-order valence-electron chi connectivity index (χ2n) is 3.24. The van der Waals surface area contributed by atoms with Gasteiger partial charge in [0.05, 0.1) is 12.6 Å². The van der Waals surface area contributed by atoms with E-state index in [1.165, 1.54) is 0 Å². The molecule has 0 aliphatic heterocycles. The minimum atomic E-state index is 0.196. The number of hydrogen-bond acceptors (Lipinski definition) is 6. The first-order valence-electron chi connectivity index (χ1n) is 5.08. The first-order chi connectivity index (χ1) is 7.30. The van der Waals surface area contributed by atoms with Crippen LogP contribution >= 0.6 is 0 Å². The van der Waals surface area contributed by atoms with Crippen molar-refractivity contribution < 1.29 is 9.15 Å². The Hall–Kier alpha value is -1.14. The van der Waals surface area contributed by atoms with Gasteiger partial charge in [-0.05, 0) is 6.42 Å². The number of nitrogens with zero attached hydrogens (tertiary/aromatic N) is 2. The molecular formula is C9H18N4O2. The van der Waals surface area contributed by atoms with Gasteiger partial charge in [-0.3, -0.25) is 0 Å². The molecule has 0 saturated heterocycles. The van der Waals surface area contributed by atoms with Crippen molar-refractivity contribution in [1.29, 1.82) is 0 Å². The van der Waals surface area contributed by atoms with E-state index in [1.54, 1.807) is 7.11 Å². The minimum Gasteiger partial charge on any atom is -0.408 e. The van der Waals surface area contributed by atoms with Gasteiger partial charge in [0, 0.05) is 20.1 Å². The Bertz CT molecular complexity index is 277. The molecule has 1 atom stereocenters. The van der Waals surface area contributed by atoms with Crippen LogP contribution in [0.4, 0.5) is 6.01 Å². The van der Waals surface area contributed by atoms with Crippen LogP contribution in [0.2, 0.25) is 0 Å². The maximum Gasteiger partial charge on any atom is 0.315 e. The van der Waals surface area contributed by atoms with Crippen molar-refractivity contribution in [3.63, 3.8) is 0 Å². The summed E-state index contributed by atoms with van der Waals surface area (Å²) in [7, 11) is 1.66. The highest BCUT2D eigenvalue weighted by Gasteiger charge is 2.10. The highest BCUT2D eigenvalue weighted by atomic mass is 16.5. The third-order valence-electron chi connectivity index (χ3n) is 2.01. The molecular weight excluding hydrogens is 196 g/mol. The summed E-state index contributed by atoms with van der Waals surface area (Å²) in [5, 5.41) is 10.8. The standard InChI is InChI=1S/C9H18N4O2/c1-3-7(6-14-2)11-9-13-12-8(15-9)4-5-10/h7H,3-6,10H2,1-2H3,(H,11,13). The molecule has 0 saturated carbocycles. The highest BCUT2D eigenvalue weighted by molar-refractivity contribution is 5.19. The van der Waals surface area contributed by atoms with E-state index >= 15 is 0 Å². The van der Waals surface area contributed by atoms with Crippen molar-refractivity contribution in [2.45, 2.75) is 25.8 Å². The smallest absolute Gasteiger partial charge is 0.315 e. The van der Waals surface area contributed by atoms with Crippen molar-refractivity contribution in [1.82, 2.24) is 10.2 Å². The fourth-order valence-corrected chi connectivity index (χ4v) is 1.17. The van der Waals surface area contributed by atoms with Gasteiger partial charge in [0.2, 0.25) is 5.89 Å². The summed E-state index contributed by atoms with van der Waals surface area (Å²) in [6.07, 6.45) is 1.54. The largest absolute Gasteiger partial charge is 0.408 e. The molecule has 15 heavy (non-hydrogen) atoms. The van der Waals surface area contributed by atoms with Crippen molar-refractivity contribution in [2.75, 3.05) is 25.6 Å². The Balaban J connectivity index is 2.47. The van der Waals surface area contributed by atoms with Crippen molar-refractivity contribution in [3.05, 3.63) is 5.89 Å². The van der Waals surface area contributed by atoms with E-state index in [0.717, 1.165) is 6.42 Å². The van der Waals surface area contributed by atoms with Crippen LogP contribution < -0.4 is 11.1 Å². The zero-order valence-corrected chi connectivity index (χ0v) is 9.19. The molecule has 1 heterocycles. The van der Waals surface area contributed by atoms with Crippen LogP contribution in [0.3, 0.4) is 0 Å². The van der Waals surface area contributed by atoms with Gasteiger partial charge in [0.15, 0.2) is 0 Å². The van der Waals surface area contributed by atoms with Crippen LogP contribution in [-0.2, 0) is 11.2 Å². The number of ether oxygens (including phenoxy) is 1. The lowest BCUT2D eigenvalue weighted by Gasteiger charge is -2.13. The van der Waals surface area contributed by atoms with Gasteiger partial charge in [0.1, 0.15) is 0 Å². The molecule has 0 aromatic carbocycles. The summed E-state index contributed by atoms with van der Waals surface area (Å²) in [4.78, 5) is 0. The molecule has 0 fully saturated rings. The average molecular weight is 214 g/mol. The topological polar surface area (TPSA) is 86.2 Å². The number of nitrogens with one attached hydrogen (secondary N) is 1. The number of rotatable bonds is 7. The fourth-order valence-electron chi connectivity index (χ4n) is 1.17. The Morgan fingerprint density at radius 1 is 1.53 bits per heavy atom. The maximum atomic E-state index is 5.38. The number of hydrogen-bond donors (Lipinski definition) is 2. The van der Waals surface area contributed by atoms with E-state index in [9.17, 15) is 0 Å². The molecule has 0 aliphatic carbocycles. The summed E-state index contributed by atoms with van der Waals surface area (Å²) in [5.41, 5.74) is 5.38. The SMILES string of the molecule is CCC(COC)Nc1nnc(CCN)o1. The molecule has 0 bridgehead atoms. The van der Waals surface area contributed by atoms with E-state index in [2.05, 4.69) is 22.4 Å². The molecule has 3 N–H and O–H groups in total. The molecule has 0 aliphatic rings. The van der Waals surface area contributed by atoms with Crippen molar-refractivity contribution >= 4 is 6.01 Å². The average Bonchev–Trinajstić information content (AvgIpc) is 2.66. The lowest BCUT2D eigenvalue weighted by molar-refractivity contribution is 0.183. The quantitative estimate of drug-likeness (QED) is 0.683. The van der Waals surface area contributed by atoms with Crippen LogP contribution in [-0.4, -0.2) is 36.5 Å². The zero-order chi connectivity index (χ0) is 11.1. The number of nitrogens with two attached hydrogens (primary N) is 1. The van der Waals surface area contributed by atoms with E-state index in [4.69, 9.17) is 14.9 Å². The molecule has 1 unspecified atom stereocenters. The molecule has 6 nitrogen and oxygen atoms in total. The lowest BCUT2D eigenvalue weighted by Crippen LogP contribution is -2.23. The molecule has 0 radical (unpaired) electrons. The molecule has 0 spiro atoms. The van der Waals surface area contributed by atoms with Crippen molar-refractivity contribution in [2.24, 2.45) is 5.73 Å². The van der Waals surface area contributed by atoms with Crippen LogP contribution in [0.5, 0.6) is 0 Å². The second kappa shape index (κ2) is 6.36. The van der Waals surface area contributed by atoms with Gasteiger partial charge in [-0.15, -0.1) is 5.10 Å². The Labute approximate surface area is 89.2 Å². The van der Waals surface area contributed by atoms with Gasteiger partial charge in [0.25, 0.3) is 0 Å². The molecule has 1 aromatic rings. The lowest BCUT2D eigenvalue weighted by atomic mass is 10.2. The van der Waals surface area contributed by atoms with Crippen LogP contribution in [0.25, 0.3) is 0 Å². The van der Waals surface area contributed by atoms with Gasteiger partial charge in [-0.2, -0.15) is 0 Å². The summed E-state index contributed by atoms with van der Waals surface area (Å²) in [6.45, 7) is 3.19. The maximum absolute atomic E-state index is 5.38. The van der Waals surface area contributed by atoms with Gasteiger partial charge in [-0.25, -0.2) is 0 Å². The summed E-state index contributed by atoms with van der Waals surface area (Å²) < 4.78 is 10.4. The van der Waals surface area contributed by atoms with E-state index in [-0.39, 0.29) is 6.04 Å². The monoisotopic (exact) mass is 214 g/mol. The predicted molar refractivity (Wildman–Crippen MR) is 56.6 cm³/mol. The Morgan fingerprint density at radius 3 is 2.93 bits per heavy atom. The number of methoxy groups -OCH3 is 1. The number of anilines is 1. The van der Waals surface area contributed by atoms with E-state index in [1.807, 2.05) is 0 Å². The van der Waals surface area contributed by atoms with Crippen LogP contribution in [0.15, 0.2) is 4.42 Å². The third-order valence-corrected chi connectivity index (χ3v) is 2.01. The first-order valence-corrected chi connectivity index (χ1v) is 5.08. The van der Waals surface area contributed by atoms with Gasteiger partial charge < -0.3 is 20.2 Å². The third kappa shape index (κ3) is 3.85. The number of aromatic nitrogens is 2. The summed E-state index contributed by atoms with van der Waals surface area (Å²) in [6, 6.07) is 0.628. The highest BCUT2D eigenvalue weighted by Crippen LogP contribution is 2.08. The normalized spacial score (nSPS) is 12.7. The van der Waals surface area contributed by atoms with E-state index < -0.39 is 0 Å². The second-order valence-corrected chi connectivity index (χ2v) is 3.24. The molecule has 1 rings (SSSR count). The first kappa shape index (κ1) is 11.9. The van der Waals surface area contributed by atoms with Gasteiger partial charge in [-0.1, -0.05) is 12.0 Å². The minimum absolute atomic E-state index is 0.196. The van der Waals surface area contributed by atoms with Gasteiger partial charge >= 0.3 is 6.01 Å². The predicted octanol–water partition coefficient (Wildman–Crippen LogP) is 0.408. The Morgan fingerprint density at radius 2 is 2.33 bits per heavy atom.